The van der Waals surface area contributed by atoms with Gasteiger partial charge in [0.25, 0.3) is 0 Å². The number of anilines is 1. The molecule has 2 heterocycles. The minimum absolute atomic E-state index is 0.000961. The fourth-order valence-corrected chi connectivity index (χ4v) is 3.86. The number of benzene rings is 1. The van der Waals surface area contributed by atoms with Crippen LogP contribution in [0, 0.1) is 12.8 Å². The van der Waals surface area contributed by atoms with Crippen molar-refractivity contribution in [3.05, 3.63) is 41.1 Å². The number of carbonyl (C=O) groups is 2. The van der Waals surface area contributed by atoms with Gasteiger partial charge in [0.05, 0.1) is 25.3 Å². The van der Waals surface area contributed by atoms with Crippen molar-refractivity contribution < 1.29 is 19.1 Å². The number of aryl methyl sites for hydroxylation is 1. The van der Waals surface area contributed by atoms with Gasteiger partial charge in [0.1, 0.15) is 6.04 Å². The molecule has 0 saturated heterocycles. The molecular weight excluding hydrogens is 320 g/mol. The van der Waals surface area contributed by atoms with Gasteiger partial charge in [0, 0.05) is 24.9 Å². The summed E-state index contributed by atoms with van der Waals surface area (Å²) in [4.78, 5) is 26.6. The standard InChI is InChI=1S/C19H24N2O4/c1-5-25-19(23)16-14-9-12(18(22)24-4)10-21(3)17(14)13-8-11(2)6-7-15(13)20-16/h6-8,10,14,16-17,20H,5,9H2,1-4H3/t14-,16-,17+/m0/s1. The summed E-state index contributed by atoms with van der Waals surface area (Å²) in [6, 6.07) is 5.65. The highest BCUT2D eigenvalue weighted by atomic mass is 16.5. The first-order valence-corrected chi connectivity index (χ1v) is 8.51. The van der Waals surface area contributed by atoms with E-state index < -0.39 is 6.04 Å². The fraction of sp³-hybridized carbons (Fsp3) is 0.474. The molecule has 3 rings (SSSR count). The predicted octanol–water partition coefficient (Wildman–Crippen LogP) is 2.40. The first-order valence-electron chi connectivity index (χ1n) is 8.51. The van der Waals surface area contributed by atoms with Crippen LogP contribution in [-0.4, -0.2) is 43.6 Å². The normalized spacial score (nSPS) is 24.4. The SMILES string of the molecule is CCOC(=O)[C@H]1Nc2ccc(C)cc2[C@@H]2[C@H]1CC(C(=O)OC)=CN2C. The van der Waals surface area contributed by atoms with E-state index in [9.17, 15) is 9.59 Å². The molecule has 2 aliphatic heterocycles. The topological polar surface area (TPSA) is 67.9 Å². The minimum atomic E-state index is -0.504. The Bertz CT molecular complexity index is 728. The number of fused-ring (bicyclic) bond motifs is 3. The summed E-state index contributed by atoms with van der Waals surface area (Å²) in [5.74, 6) is -0.761. The molecule has 6 heteroatoms. The zero-order valence-electron chi connectivity index (χ0n) is 15.0. The van der Waals surface area contributed by atoms with Gasteiger partial charge in [-0.1, -0.05) is 17.7 Å². The van der Waals surface area contributed by atoms with Gasteiger partial charge in [-0.15, -0.1) is 0 Å². The first-order chi connectivity index (χ1) is 12.0. The van der Waals surface area contributed by atoms with Gasteiger partial charge in [-0.2, -0.15) is 0 Å². The third kappa shape index (κ3) is 3.08. The second kappa shape index (κ2) is 6.78. The molecule has 25 heavy (non-hydrogen) atoms. The highest BCUT2D eigenvalue weighted by molar-refractivity contribution is 5.89. The molecule has 2 aliphatic rings. The van der Waals surface area contributed by atoms with Crippen molar-refractivity contribution >= 4 is 17.6 Å². The lowest BCUT2D eigenvalue weighted by molar-refractivity contribution is -0.147. The third-order valence-electron chi connectivity index (χ3n) is 4.91. The second-order valence-electron chi connectivity index (χ2n) is 6.59. The van der Waals surface area contributed by atoms with Crippen molar-refractivity contribution in [1.29, 1.82) is 0 Å². The molecular formula is C19H24N2O4. The molecule has 1 N–H and O–H groups in total. The molecule has 0 saturated carbocycles. The molecule has 0 aliphatic carbocycles. The summed E-state index contributed by atoms with van der Waals surface area (Å²) in [5, 5.41) is 3.33. The lowest BCUT2D eigenvalue weighted by Gasteiger charge is -2.46. The van der Waals surface area contributed by atoms with Crippen molar-refractivity contribution in [2.24, 2.45) is 5.92 Å². The highest BCUT2D eigenvalue weighted by Gasteiger charge is 2.45. The molecule has 0 bridgehead atoms. The van der Waals surface area contributed by atoms with Crippen LogP contribution >= 0.6 is 0 Å². The van der Waals surface area contributed by atoms with E-state index in [4.69, 9.17) is 9.47 Å². The van der Waals surface area contributed by atoms with Crippen molar-refractivity contribution in [2.75, 3.05) is 26.1 Å². The van der Waals surface area contributed by atoms with Crippen molar-refractivity contribution in [2.45, 2.75) is 32.4 Å². The maximum absolute atomic E-state index is 12.5. The summed E-state index contributed by atoms with van der Waals surface area (Å²) in [6.45, 7) is 4.16. The molecule has 0 fully saturated rings. The van der Waals surface area contributed by atoms with E-state index in [-0.39, 0.29) is 23.9 Å². The number of rotatable bonds is 3. The predicted molar refractivity (Wildman–Crippen MR) is 93.9 cm³/mol. The minimum Gasteiger partial charge on any atom is -0.466 e. The number of ether oxygens (including phenoxy) is 2. The number of nitrogens with one attached hydrogen (secondary N) is 1. The molecule has 0 radical (unpaired) electrons. The first kappa shape index (κ1) is 17.3. The van der Waals surface area contributed by atoms with E-state index in [0.717, 1.165) is 16.8 Å². The Balaban J connectivity index is 2.06. The average molecular weight is 344 g/mol. The van der Waals surface area contributed by atoms with Gasteiger partial charge in [0.2, 0.25) is 0 Å². The van der Waals surface area contributed by atoms with Crippen LogP contribution in [0.25, 0.3) is 0 Å². The van der Waals surface area contributed by atoms with E-state index in [1.54, 1.807) is 6.92 Å². The van der Waals surface area contributed by atoms with Gasteiger partial charge in [0.15, 0.2) is 0 Å². The van der Waals surface area contributed by atoms with Crippen LogP contribution < -0.4 is 5.32 Å². The van der Waals surface area contributed by atoms with Gasteiger partial charge < -0.3 is 19.7 Å². The van der Waals surface area contributed by atoms with Crippen LogP contribution in [0.1, 0.15) is 30.5 Å². The van der Waals surface area contributed by atoms with E-state index >= 15 is 0 Å². The summed E-state index contributed by atoms with van der Waals surface area (Å²) in [7, 11) is 3.30. The van der Waals surface area contributed by atoms with E-state index in [1.807, 2.05) is 37.2 Å². The van der Waals surface area contributed by atoms with Crippen LogP contribution in [0.3, 0.4) is 0 Å². The van der Waals surface area contributed by atoms with E-state index in [2.05, 4.69) is 11.4 Å². The summed E-state index contributed by atoms with van der Waals surface area (Å²) in [6.07, 6.45) is 2.29. The zero-order chi connectivity index (χ0) is 18.1. The van der Waals surface area contributed by atoms with E-state index in [0.29, 0.717) is 18.6 Å². The maximum Gasteiger partial charge on any atom is 0.335 e. The highest BCUT2D eigenvalue weighted by Crippen LogP contribution is 2.46. The van der Waals surface area contributed by atoms with Crippen LogP contribution in [0.2, 0.25) is 0 Å². The lowest BCUT2D eigenvalue weighted by atomic mass is 9.76. The van der Waals surface area contributed by atoms with Gasteiger partial charge in [-0.3, -0.25) is 0 Å². The van der Waals surface area contributed by atoms with Crippen molar-refractivity contribution in [3.63, 3.8) is 0 Å². The van der Waals surface area contributed by atoms with Crippen LogP contribution in [-0.2, 0) is 19.1 Å². The number of nitrogens with zero attached hydrogens (tertiary/aromatic N) is 1. The molecule has 1 aromatic carbocycles. The number of methoxy groups -OCH3 is 1. The van der Waals surface area contributed by atoms with Gasteiger partial charge >= 0.3 is 11.9 Å². The largest absolute Gasteiger partial charge is 0.466 e. The van der Waals surface area contributed by atoms with Crippen LogP contribution in [0.4, 0.5) is 5.69 Å². The fourth-order valence-electron chi connectivity index (χ4n) is 3.86. The Labute approximate surface area is 147 Å². The second-order valence-corrected chi connectivity index (χ2v) is 6.59. The smallest absolute Gasteiger partial charge is 0.335 e. The van der Waals surface area contributed by atoms with Gasteiger partial charge in [-0.05, 0) is 31.9 Å². The third-order valence-corrected chi connectivity index (χ3v) is 4.91. The Hall–Kier alpha value is -2.50. The quantitative estimate of drug-likeness (QED) is 0.850. The Kier molecular flexibility index (Phi) is 4.70. The lowest BCUT2D eigenvalue weighted by Crippen LogP contribution is -2.49. The molecule has 0 unspecified atom stereocenters. The Morgan fingerprint density at radius 1 is 1.36 bits per heavy atom. The monoisotopic (exact) mass is 344 g/mol. The summed E-state index contributed by atoms with van der Waals surface area (Å²) < 4.78 is 10.1. The summed E-state index contributed by atoms with van der Waals surface area (Å²) in [5.41, 5.74) is 3.79. The zero-order valence-corrected chi connectivity index (χ0v) is 15.0. The van der Waals surface area contributed by atoms with Crippen LogP contribution in [0.15, 0.2) is 30.0 Å². The molecule has 0 spiro atoms. The molecule has 0 aromatic heterocycles. The number of hydrogen-bond donors (Lipinski definition) is 1. The molecule has 1 aromatic rings. The van der Waals surface area contributed by atoms with E-state index in [1.165, 1.54) is 7.11 Å². The van der Waals surface area contributed by atoms with Gasteiger partial charge in [-0.25, -0.2) is 9.59 Å². The van der Waals surface area contributed by atoms with Crippen LogP contribution in [0.5, 0.6) is 0 Å². The molecule has 134 valence electrons. The molecule has 0 amide bonds. The molecule has 3 atom stereocenters. The summed E-state index contributed by atoms with van der Waals surface area (Å²) >= 11 is 0. The Morgan fingerprint density at radius 3 is 2.80 bits per heavy atom. The Morgan fingerprint density at radius 2 is 2.12 bits per heavy atom. The van der Waals surface area contributed by atoms with Crippen molar-refractivity contribution in [3.8, 4) is 0 Å². The maximum atomic E-state index is 12.5. The average Bonchev–Trinajstić information content (AvgIpc) is 2.60. The number of hydrogen-bond acceptors (Lipinski definition) is 6. The van der Waals surface area contributed by atoms with Crippen molar-refractivity contribution in [1.82, 2.24) is 4.90 Å². The number of esters is 2. The number of carbonyl (C=O) groups excluding carboxylic acids is 2. The molecule has 6 nitrogen and oxygen atoms in total.